The van der Waals surface area contributed by atoms with E-state index in [-0.39, 0.29) is 11.6 Å². The van der Waals surface area contributed by atoms with Crippen molar-refractivity contribution in [2.24, 2.45) is 0 Å². The molecular formula is C28H23NO4. The number of fused-ring (bicyclic) bond motifs is 3. The van der Waals surface area contributed by atoms with E-state index in [0.29, 0.717) is 40.4 Å². The summed E-state index contributed by atoms with van der Waals surface area (Å²) in [5, 5.41) is 0. The molecule has 0 atom stereocenters. The zero-order valence-electron chi connectivity index (χ0n) is 18.5. The lowest BCUT2D eigenvalue weighted by molar-refractivity contribution is 0.102. The number of methoxy groups -OCH3 is 2. The largest absolute Gasteiger partial charge is 0.497 e. The zero-order chi connectivity index (χ0) is 22.9. The maximum absolute atomic E-state index is 13.6. The Kier molecular flexibility index (Phi) is 5.31. The number of hydrogen-bond donors (Lipinski definition) is 0. The number of nitrogens with zero attached hydrogens (tertiary/aromatic N) is 1. The Hall–Kier alpha value is -4.12. The number of aryl methyl sites for hydroxylation is 1. The highest BCUT2D eigenvalue weighted by atomic mass is 16.5. The second-order valence-corrected chi connectivity index (χ2v) is 7.97. The van der Waals surface area contributed by atoms with Crippen LogP contribution in [0.25, 0.3) is 11.3 Å². The maximum atomic E-state index is 13.6. The molecule has 1 aliphatic rings. The third kappa shape index (κ3) is 3.61. The van der Waals surface area contributed by atoms with E-state index in [0.717, 1.165) is 17.7 Å². The lowest BCUT2D eigenvalue weighted by Crippen LogP contribution is -2.17. The molecule has 1 aromatic heterocycles. The van der Waals surface area contributed by atoms with Gasteiger partial charge in [-0.05, 0) is 66.6 Å². The summed E-state index contributed by atoms with van der Waals surface area (Å²) in [5.74, 6) is 1.14. The highest BCUT2D eigenvalue weighted by molar-refractivity contribution is 6.16. The van der Waals surface area contributed by atoms with Crippen LogP contribution in [0.15, 0.2) is 78.9 Å². The van der Waals surface area contributed by atoms with Crippen molar-refractivity contribution in [2.45, 2.75) is 13.0 Å². The molecule has 0 radical (unpaired) electrons. The van der Waals surface area contributed by atoms with E-state index in [4.69, 9.17) is 9.47 Å². The first-order chi connectivity index (χ1) is 16.1. The molecule has 0 bridgehead atoms. The van der Waals surface area contributed by atoms with Gasteiger partial charge in [-0.1, -0.05) is 24.3 Å². The highest BCUT2D eigenvalue weighted by Gasteiger charge is 2.29. The summed E-state index contributed by atoms with van der Waals surface area (Å²) >= 11 is 0. The van der Waals surface area contributed by atoms with E-state index in [9.17, 15) is 9.59 Å². The van der Waals surface area contributed by atoms with Crippen LogP contribution in [0.1, 0.15) is 37.5 Å². The number of benzene rings is 3. The fraction of sp³-hybridized carbons (Fsp3) is 0.143. The topological polar surface area (TPSA) is 57.5 Å². The average molecular weight is 437 g/mol. The first-order valence-electron chi connectivity index (χ1n) is 10.8. The molecule has 0 saturated carbocycles. The molecule has 0 unspecified atom stereocenters. The van der Waals surface area contributed by atoms with Gasteiger partial charge in [0.2, 0.25) is 5.78 Å². The van der Waals surface area contributed by atoms with Gasteiger partial charge in [0.15, 0.2) is 5.78 Å². The molecule has 4 aromatic rings. The van der Waals surface area contributed by atoms with Crippen LogP contribution < -0.4 is 9.47 Å². The van der Waals surface area contributed by atoms with Gasteiger partial charge in [0.05, 0.1) is 25.6 Å². The van der Waals surface area contributed by atoms with Gasteiger partial charge in [0, 0.05) is 28.8 Å². The van der Waals surface area contributed by atoms with Crippen LogP contribution >= 0.6 is 0 Å². The Labute approximate surface area is 192 Å². The van der Waals surface area contributed by atoms with Crippen LogP contribution in [-0.2, 0) is 13.0 Å². The normalized spacial score (nSPS) is 11.9. The van der Waals surface area contributed by atoms with Gasteiger partial charge in [-0.3, -0.25) is 9.59 Å². The van der Waals surface area contributed by atoms with Crippen molar-refractivity contribution in [1.29, 1.82) is 0 Å². The third-order valence-electron chi connectivity index (χ3n) is 6.16. The van der Waals surface area contributed by atoms with E-state index in [1.165, 1.54) is 5.56 Å². The fourth-order valence-electron chi connectivity index (χ4n) is 4.42. The molecule has 0 amide bonds. The molecule has 5 heteroatoms. The molecule has 0 N–H and O–H groups in total. The Morgan fingerprint density at radius 3 is 1.94 bits per heavy atom. The van der Waals surface area contributed by atoms with Crippen molar-refractivity contribution >= 4 is 11.6 Å². The minimum atomic E-state index is -0.119. The number of rotatable bonds is 6. The van der Waals surface area contributed by atoms with Crippen molar-refractivity contribution < 1.29 is 19.1 Å². The van der Waals surface area contributed by atoms with Gasteiger partial charge in [-0.25, -0.2) is 0 Å². The zero-order valence-corrected chi connectivity index (χ0v) is 18.5. The quantitative estimate of drug-likeness (QED) is 0.390. The SMILES string of the molecule is COc1ccc(C(=O)c2cc(C(=O)c3ccc(OC)cc3)n3c2-c2ccccc2CC3)cc1. The minimum absolute atomic E-state index is 0.118. The van der Waals surface area contributed by atoms with Gasteiger partial charge in [-0.15, -0.1) is 0 Å². The smallest absolute Gasteiger partial charge is 0.209 e. The fourth-order valence-corrected chi connectivity index (χ4v) is 4.42. The van der Waals surface area contributed by atoms with E-state index in [1.807, 2.05) is 22.8 Å². The number of ether oxygens (including phenoxy) is 2. The predicted molar refractivity (Wildman–Crippen MR) is 126 cm³/mol. The summed E-state index contributed by atoms with van der Waals surface area (Å²) in [6.45, 7) is 0.638. The summed E-state index contributed by atoms with van der Waals surface area (Å²) in [4.78, 5) is 27.1. The van der Waals surface area contributed by atoms with Crippen LogP contribution in [-0.4, -0.2) is 30.4 Å². The van der Waals surface area contributed by atoms with Crippen LogP contribution in [0.3, 0.4) is 0 Å². The Bertz CT molecular complexity index is 1350. The lowest BCUT2D eigenvalue weighted by atomic mass is 9.94. The molecule has 3 aromatic carbocycles. The van der Waals surface area contributed by atoms with Gasteiger partial charge in [0.1, 0.15) is 11.5 Å². The molecule has 33 heavy (non-hydrogen) atoms. The molecular weight excluding hydrogens is 414 g/mol. The Morgan fingerprint density at radius 2 is 1.33 bits per heavy atom. The monoisotopic (exact) mass is 437 g/mol. The molecule has 1 aliphatic heterocycles. The molecule has 164 valence electrons. The molecule has 2 heterocycles. The Morgan fingerprint density at radius 1 is 0.758 bits per heavy atom. The molecule has 5 rings (SSSR count). The number of hydrogen-bond acceptors (Lipinski definition) is 4. The number of ketones is 2. The summed E-state index contributed by atoms with van der Waals surface area (Å²) in [5.41, 5.74) is 5.12. The molecule has 0 aliphatic carbocycles. The second kappa shape index (κ2) is 8.43. The first-order valence-corrected chi connectivity index (χ1v) is 10.8. The van der Waals surface area contributed by atoms with Crippen molar-refractivity contribution in [1.82, 2.24) is 4.57 Å². The van der Waals surface area contributed by atoms with Gasteiger partial charge >= 0.3 is 0 Å². The lowest BCUT2D eigenvalue weighted by Gasteiger charge is -2.22. The molecule has 0 fully saturated rings. The summed E-state index contributed by atoms with van der Waals surface area (Å²) in [7, 11) is 3.18. The minimum Gasteiger partial charge on any atom is -0.497 e. The molecule has 0 saturated heterocycles. The van der Waals surface area contributed by atoms with E-state index in [2.05, 4.69) is 6.07 Å². The van der Waals surface area contributed by atoms with Gasteiger partial charge < -0.3 is 14.0 Å². The van der Waals surface area contributed by atoms with Crippen LogP contribution in [0, 0.1) is 0 Å². The predicted octanol–water partition coefficient (Wildman–Crippen LogP) is 5.19. The summed E-state index contributed by atoms with van der Waals surface area (Å²) in [6, 6.07) is 23.9. The van der Waals surface area contributed by atoms with Crippen LogP contribution in [0.2, 0.25) is 0 Å². The summed E-state index contributed by atoms with van der Waals surface area (Å²) < 4.78 is 12.4. The van der Waals surface area contributed by atoms with E-state index < -0.39 is 0 Å². The standard InChI is InChI=1S/C28H23NO4/c1-32-21-11-7-19(8-12-21)27(30)24-17-25(28(31)20-9-13-22(33-2)14-10-20)29-16-15-18-5-3-4-6-23(18)26(24)29/h3-14,17H,15-16H2,1-2H3. The van der Waals surface area contributed by atoms with Crippen molar-refractivity contribution in [3.05, 3.63) is 107 Å². The Balaban J connectivity index is 1.65. The van der Waals surface area contributed by atoms with E-state index >= 15 is 0 Å². The van der Waals surface area contributed by atoms with Crippen molar-refractivity contribution in [3.8, 4) is 22.8 Å². The number of carbonyl (C=O) groups excluding carboxylic acids is 2. The van der Waals surface area contributed by atoms with Gasteiger partial charge in [0.25, 0.3) is 0 Å². The third-order valence-corrected chi connectivity index (χ3v) is 6.16. The van der Waals surface area contributed by atoms with E-state index in [1.54, 1.807) is 68.8 Å². The maximum Gasteiger partial charge on any atom is 0.209 e. The second-order valence-electron chi connectivity index (χ2n) is 7.97. The van der Waals surface area contributed by atoms with Crippen LogP contribution in [0.5, 0.6) is 11.5 Å². The highest BCUT2D eigenvalue weighted by Crippen LogP contribution is 2.36. The molecule has 5 nitrogen and oxygen atoms in total. The average Bonchev–Trinajstić information content (AvgIpc) is 3.28. The van der Waals surface area contributed by atoms with Crippen molar-refractivity contribution in [2.75, 3.05) is 14.2 Å². The van der Waals surface area contributed by atoms with Gasteiger partial charge in [-0.2, -0.15) is 0 Å². The molecule has 0 spiro atoms. The van der Waals surface area contributed by atoms with Crippen molar-refractivity contribution in [3.63, 3.8) is 0 Å². The first kappa shape index (κ1) is 20.8. The number of aromatic nitrogens is 1. The summed E-state index contributed by atoms with van der Waals surface area (Å²) in [6.07, 6.45) is 0.802. The number of carbonyl (C=O) groups is 2. The van der Waals surface area contributed by atoms with Crippen LogP contribution in [0.4, 0.5) is 0 Å².